The van der Waals surface area contributed by atoms with Crippen LogP contribution < -0.4 is 20.3 Å². The molecule has 0 radical (unpaired) electrons. The molecule has 0 bridgehead atoms. The van der Waals surface area contributed by atoms with Crippen LogP contribution in [-0.4, -0.2) is 55.9 Å². The molecule has 0 aromatic heterocycles. The molecule has 3 rings (SSSR count). The van der Waals surface area contributed by atoms with Gasteiger partial charge in [0.05, 0.1) is 18.8 Å². The molecule has 1 heterocycles. The van der Waals surface area contributed by atoms with Crippen LogP contribution in [0.1, 0.15) is 25.7 Å². The summed E-state index contributed by atoms with van der Waals surface area (Å²) in [6, 6.07) is 7.47. The van der Waals surface area contributed by atoms with Crippen LogP contribution in [0.25, 0.3) is 0 Å². The summed E-state index contributed by atoms with van der Waals surface area (Å²) in [5.41, 5.74) is 0.218. The van der Waals surface area contributed by atoms with Gasteiger partial charge in [-0.05, 0) is 31.4 Å². The predicted molar refractivity (Wildman–Crippen MR) is 112 cm³/mol. The lowest BCUT2D eigenvalue weighted by Gasteiger charge is -2.37. The van der Waals surface area contributed by atoms with Gasteiger partial charge in [-0.25, -0.2) is 0 Å². The maximum atomic E-state index is 12.4. The van der Waals surface area contributed by atoms with Gasteiger partial charge in [0.2, 0.25) is 5.91 Å². The number of amides is 1. The van der Waals surface area contributed by atoms with E-state index in [1.807, 2.05) is 24.3 Å². The lowest BCUT2D eigenvalue weighted by molar-refractivity contribution is -0.117. The van der Waals surface area contributed by atoms with Gasteiger partial charge in [0.1, 0.15) is 5.75 Å². The lowest BCUT2D eigenvalue weighted by Crippen LogP contribution is -2.52. The van der Waals surface area contributed by atoms with Crippen molar-refractivity contribution in [2.75, 3.05) is 32.1 Å². The van der Waals surface area contributed by atoms with Crippen molar-refractivity contribution in [3.8, 4) is 5.75 Å². The number of nitrogens with one attached hydrogen (secondary N) is 2. The molecule has 1 aliphatic carbocycles. The average Bonchev–Trinajstić information content (AvgIpc) is 2.97. The van der Waals surface area contributed by atoms with Crippen LogP contribution in [0.4, 0.5) is 5.69 Å². The van der Waals surface area contributed by atoms with Gasteiger partial charge in [-0.15, -0.1) is 24.0 Å². The number of ether oxygens (including phenoxy) is 1. The molecule has 1 unspecified atom stereocenters. The summed E-state index contributed by atoms with van der Waals surface area (Å²) in [6.07, 6.45) is 3.12. The second-order valence-corrected chi connectivity index (χ2v) is 6.75. The third-order valence-electron chi connectivity index (χ3n) is 4.92. The first-order chi connectivity index (χ1) is 12.0. The standard InChI is InChI=1S/C18H26N4O3.HI/c1-19-17(20-12-18(24)7-4-8-18)21-13-9-16(23)22(11-13)14-5-3-6-15(10-14)25-2;/h3,5-6,10,13,24H,4,7-9,11-12H2,1-2H3,(H2,19,20,21);1H. The number of hydrogen-bond acceptors (Lipinski definition) is 4. The van der Waals surface area contributed by atoms with E-state index in [-0.39, 0.29) is 35.9 Å². The number of benzene rings is 1. The second kappa shape index (κ2) is 8.90. The molecule has 8 heteroatoms. The highest BCUT2D eigenvalue weighted by atomic mass is 127. The molecule has 144 valence electrons. The monoisotopic (exact) mass is 474 g/mol. The summed E-state index contributed by atoms with van der Waals surface area (Å²) in [5.74, 6) is 1.41. The molecule has 26 heavy (non-hydrogen) atoms. The van der Waals surface area contributed by atoms with Crippen LogP contribution in [-0.2, 0) is 4.79 Å². The number of methoxy groups -OCH3 is 1. The Kier molecular flexibility index (Phi) is 7.10. The van der Waals surface area contributed by atoms with Crippen LogP contribution in [0.3, 0.4) is 0 Å². The molecule has 1 saturated heterocycles. The van der Waals surface area contributed by atoms with Gasteiger partial charge in [0.25, 0.3) is 0 Å². The van der Waals surface area contributed by atoms with Crippen molar-refractivity contribution in [2.24, 2.45) is 4.99 Å². The minimum absolute atomic E-state index is 0. The van der Waals surface area contributed by atoms with Gasteiger partial charge >= 0.3 is 0 Å². The third-order valence-corrected chi connectivity index (χ3v) is 4.92. The highest BCUT2D eigenvalue weighted by Crippen LogP contribution is 2.30. The highest BCUT2D eigenvalue weighted by molar-refractivity contribution is 14.0. The van der Waals surface area contributed by atoms with Crippen molar-refractivity contribution in [3.63, 3.8) is 0 Å². The van der Waals surface area contributed by atoms with Crippen LogP contribution in [0, 0.1) is 0 Å². The number of halogens is 1. The van der Waals surface area contributed by atoms with E-state index in [1.54, 1.807) is 19.1 Å². The normalized spacial score (nSPS) is 21.7. The Balaban J connectivity index is 0.00000243. The molecule has 3 N–H and O–H groups in total. The summed E-state index contributed by atoms with van der Waals surface area (Å²) >= 11 is 0. The van der Waals surface area contributed by atoms with E-state index in [0.717, 1.165) is 30.7 Å². The van der Waals surface area contributed by atoms with Gasteiger partial charge < -0.3 is 25.4 Å². The van der Waals surface area contributed by atoms with E-state index in [0.29, 0.717) is 25.5 Å². The van der Waals surface area contributed by atoms with Gasteiger partial charge in [-0.3, -0.25) is 9.79 Å². The van der Waals surface area contributed by atoms with Crippen molar-refractivity contribution in [3.05, 3.63) is 24.3 Å². The van der Waals surface area contributed by atoms with Crippen molar-refractivity contribution in [1.82, 2.24) is 10.6 Å². The number of aliphatic imine (C=N–C) groups is 1. The Morgan fingerprint density at radius 2 is 2.23 bits per heavy atom. The Bertz CT molecular complexity index is 664. The molecular weight excluding hydrogens is 447 g/mol. The van der Waals surface area contributed by atoms with Gasteiger partial charge in [-0.2, -0.15) is 0 Å². The average molecular weight is 474 g/mol. The van der Waals surface area contributed by atoms with Crippen LogP contribution in [0.5, 0.6) is 5.75 Å². The van der Waals surface area contributed by atoms with Gasteiger partial charge in [-0.1, -0.05) is 6.07 Å². The Morgan fingerprint density at radius 3 is 2.85 bits per heavy atom. The van der Waals surface area contributed by atoms with Crippen LogP contribution in [0.2, 0.25) is 0 Å². The Hall–Kier alpha value is -1.55. The predicted octanol–water partition coefficient (Wildman–Crippen LogP) is 1.50. The number of aliphatic hydroxyl groups is 1. The quantitative estimate of drug-likeness (QED) is 0.342. The fourth-order valence-electron chi connectivity index (χ4n) is 3.23. The molecule has 1 saturated carbocycles. The number of hydrogen-bond donors (Lipinski definition) is 3. The molecule has 2 aliphatic rings. The minimum atomic E-state index is -0.615. The summed E-state index contributed by atoms with van der Waals surface area (Å²) < 4.78 is 5.23. The SMILES string of the molecule is CN=C(NCC1(O)CCC1)NC1CC(=O)N(c2cccc(OC)c2)C1.I. The molecule has 1 amide bonds. The topological polar surface area (TPSA) is 86.2 Å². The first-order valence-electron chi connectivity index (χ1n) is 8.67. The number of guanidine groups is 1. The summed E-state index contributed by atoms with van der Waals surface area (Å²) in [6.45, 7) is 1.05. The molecule has 0 spiro atoms. The Morgan fingerprint density at radius 1 is 1.46 bits per heavy atom. The van der Waals surface area contributed by atoms with E-state index in [4.69, 9.17) is 4.74 Å². The summed E-state index contributed by atoms with van der Waals surface area (Å²) in [4.78, 5) is 18.3. The van der Waals surface area contributed by atoms with Crippen LogP contribution >= 0.6 is 24.0 Å². The van der Waals surface area contributed by atoms with E-state index < -0.39 is 5.60 Å². The molecule has 1 atom stereocenters. The largest absolute Gasteiger partial charge is 0.497 e. The molecule has 1 aromatic rings. The number of anilines is 1. The van der Waals surface area contributed by atoms with E-state index in [9.17, 15) is 9.90 Å². The van der Waals surface area contributed by atoms with Crippen molar-refractivity contribution >= 4 is 41.5 Å². The van der Waals surface area contributed by atoms with Gasteiger partial charge in [0, 0.05) is 38.3 Å². The maximum absolute atomic E-state index is 12.4. The molecule has 1 aromatic carbocycles. The molecular formula is C18H27IN4O3. The van der Waals surface area contributed by atoms with E-state index in [1.165, 1.54) is 0 Å². The zero-order valence-electron chi connectivity index (χ0n) is 15.2. The van der Waals surface area contributed by atoms with Crippen molar-refractivity contribution in [2.45, 2.75) is 37.3 Å². The molecule has 7 nitrogen and oxygen atoms in total. The third kappa shape index (κ3) is 4.79. The summed E-state index contributed by atoms with van der Waals surface area (Å²) in [7, 11) is 3.30. The number of nitrogens with zero attached hydrogens (tertiary/aromatic N) is 2. The number of carbonyl (C=O) groups is 1. The first kappa shape index (κ1) is 20.8. The van der Waals surface area contributed by atoms with Crippen molar-refractivity contribution in [1.29, 1.82) is 0 Å². The zero-order valence-corrected chi connectivity index (χ0v) is 17.5. The molecule has 2 fully saturated rings. The van der Waals surface area contributed by atoms with Gasteiger partial charge in [0.15, 0.2) is 5.96 Å². The smallest absolute Gasteiger partial charge is 0.229 e. The fourth-order valence-corrected chi connectivity index (χ4v) is 3.23. The number of rotatable bonds is 5. The van der Waals surface area contributed by atoms with E-state index in [2.05, 4.69) is 15.6 Å². The van der Waals surface area contributed by atoms with Crippen LogP contribution in [0.15, 0.2) is 29.3 Å². The number of carbonyl (C=O) groups excluding carboxylic acids is 1. The second-order valence-electron chi connectivity index (χ2n) is 6.75. The fraction of sp³-hybridized carbons (Fsp3) is 0.556. The lowest BCUT2D eigenvalue weighted by atomic mass is 9.80. The zero-order chi connectivity index (χ0) is 17.9. The Labute approximate surface area is 171 Å². The van der Waals surface area contributed by atoms with E-state index >= 15 is 0 Å². The van der Waals surface area contributed by atoms with Crippen molar-refractivity contribution < 1.29 is 14.6 Å². The highest BCUT2D eigenvalue weighted by Gasteiger charge is 2.35. The summed E-state index contributed by atoms with van der Waals surface area (Å²) in [5, 5.41) is 16.6. The maximum Gasteiger partial charge on any atom is 0.229 e. The minimum Gasteiger partial charge on any atom is -0.497 e. The first-order valence-corrected chi connectivity index (χ1v) is 8.67. The molecule has 1 aliphatic heterocycles.